The average Bonchev–Trinajstić information content (AvgIpc) is 2.47. The maximum atomic E-state index is 13.8. The van der Waals surface area contributed by atoms with Crippen molar-refractivity contribution in [3.05, 3.63) is 35.4 Å². The van der Waals surface area contributed by atoms with Crippen LogP contribution in [0, 0.1) is 11.6 Å². The minimum atomic E-state index is -0.569. The third kappa shape index (κ3) is 3.77. The van der Waals surface area contributed by atoms with E-state index >= 15 is 0 Å². The molecule has 3 N–H and O–H groups in total. The van der Waals surface area contributed by atoms with Crippen molar-refractivity contribution in [2.75, 3.05) is 26.3 Å². The molecule has 1 heterocycles. The summed E-state index contributed by atoms with van der Waals surface area (Å²) < 4.78 is 32.2. The van der Waals surface area contributed by atoms with Crippen molar-refractivity contribution in [3.8, 4) is 0 Å². The summed E-state index contributed by atoms with van der Waals surface area (Å²) in [5, 5.41) is 0. The van der Waals surface area contributed by atoms with Gasteiger partial charge in [-0.15, -0.1) is 0 Å². The smallest absolute Gasteiger partial charge is 0.129 e. The van der Waals surface area contributed by atoms with Crippen molar-refractivity contribution >= 4 is 0 Å². The van der Waals surface area contributed by atoms with Gasteiger partial charge in [-0.25, -0.2) is 8.78 Å². The van der Waals surface area contributed by atoms with Crippen LogP contribution in [-0.4, -0.2) is 42.8 Å². The maximum absolute atomic E-state index is 13.8. The second-order valence-electron chi connectivity index (χ2n) is 5.91. The number of nitrogens with zero attached hydrogens (tertiary/aromatic N) is 1. The Bertz CT molecular complexity index is 476. The third-order valence-electron chi connectivity index (χ3n) is 4.32. The van der Waals surface area contributed by atoms with E-state index in [0.717, 1.165) is 19.2 Å². The van der Waals surface area contributed by atoms with Gasteiger partial charge >= 0.3 is 0 Å². The number of hydrazine groups is 1. The van der Waals surface area contributed by atoms with Crippen molar-refractivity contribution in [2.45, 2.75) is 31.8 Å². The Labute approximate surface area is 124 Å². The van der Waals surface area contributed by atoms with E-state index in [0.29, 0.717) is 25.2 Å². The highest BCUT2D eigenvalue weighted by atomic mass is 19.1. The van der Waals surface area contributed by atoms with E-state index in [1.165, 1.54) is 12.1 Å². The first-order valence-corrected chi connectivity index (χ1v) is 7.18. The van der Waals surface area contributed by atoms with Gasteiger partial charge in [0.2, 0.25) is 0 Å². The van der Waals surface area contributed by atoms with Gasteiger partial charge in [-0.2, -0.15) is 0 Å². The Kier molecular flexibility index (Phi) is 5.27. The van der Waals surface area contributed by atoms with E-state index in [2.05, 4.69) is 24.2 Å². The molecule has 1 aromatic carbocycles. The second kappa shape index (κ2) is 6.79. The van der Waals surface area contributed by atoms with Gasteiger partial charge in [0.25, 0.3) is 0 Å². The molecule has 0 amide bonds. The molecule has 1 aromatic rings. The first kappa shape index (κ1) is 16.3. The van der Waals surface area contributed by atoms with Gasteiger partial charge in [0.15, 0.2) is 0 Å². The quantitative estimate of drug-likeness (QED) is 0.638. The zero-order chi connectivity index (χ0) is 15.5. The lowest BCUT2D eigenvalue weighted by molar-refractivity contribution is -0.0233. The molecule has 1 fully saturated rings. The number of hydrogen-bond acceptors (Lipinski definition) is 4. The number of rotatable bonds is 5. The van der Waals surface area contributed by atoms with Gasteiger partial charge in [-0.05, 0) is 31.9 Å². The number of nitrogens with one attached hydrogen (secondary N) is 1. The zero-order valence-corrected chi connectivity index (χ0v) is 12.5. The van der Waals surface area contributed by atoms with Crippen LogP contribution in [0.1, 0.15) is 19.4 Å². The molecule has 0 bridgehead atoms. The van der Waals surface area contributed by atoms with Crippen molar-refractivity contribution in [1.82, 2.24) is 10.3 Å². The largest absolute Gasteiger partial charge is 0.379 e. The Morgan fingerprint density at radius 3 is 2.57 bits per heavy atom. The molecule has 0 radical (unpaired) electrons. The van der Waals surface area contributed by atoms with Gasteiger partial charge in [-0.1, -0.05) is 6.07 Å². The van der Waals surface area contributed by atoms with Crippen LogP contribution in [0.5, 0.6) is 0 Å². The number of hydrogen-bond donors (Lipinski definition) is 2. The summed E-state index contributed by atoms with van der Waals surface area (Å²) in [6, 6.07) is 3.50. The standard InChI is InChI=1S/C15H23F2N3O/c1-15(2,20-5-7-21-8-6-20)14(19-18)9-11-3-4-12(16)10-13(11)17/h3-4,10,14,19H,5-9,18H2,1-2H3. The summed E-state index contributed by atoms with van der Waals surface area (Å²) in [6.45, 7) is 7.15. The molecular weight excluding hydrogens is 276 g/mol. The molecular formula is C15H23F2N3O. The lowest BCUT2D eigenvalue weighted by Crippen LogP contribution is -2.62. The van der Waals surface area contributed by atoms with Crippen molar-refractivity contribution in [2.24, 2.45) is 5.84 Å². The van der Waals surface area contributed by atoms with Crippen molar-refractivity contribution < 1.29 is 13.5 Å². The summed E-state index contributed by atoms with van der Waals surface area (Å²) in [5.74, 6) is 4.59. The van der Waals surface area contributed by atoms with Crippen molar-refractivity contribution in [1.29, 1.82) is 0 Å². The molecule has 1 unspecified atom stereocenters. The molecule has 1 aliphatic rings. The van der Waals surface area contributed by atoms with E-state index < -0.39 is 11.6 Å². The zero-order valence-electron chi connectivity index (χ0n) is 12.5. The Morgan fingerprint density at radius 1 is 1.33 bits per heavy atom. The molecule has 4 nitrogen and oxygen atoms in total. The molecule has 118 valence electrons. The molecule has 0 saturated carbocycles. The average molecular weight is 299 g/mol. The molecule has 0 aliphatic carbocycles. The van der Waals surface area contributed by atoms with Crippen LogP contribution in [0.25, 0.3) is 0 Å². The molecule has 6 heteroatoms. The van der Waals surface area contributed by atoms with Crippen molar-refractivity contribution in [3.63, 3.8) is 0 Å². The third-order valence-corrected chi connectivity index (χ3v) is 4.32. The number of benzene rings is 1. The predicted octanol–water partition coefficient (Wildman–Crippen LogP) is 1.45. The van der Waals surface area contributed by atoms with Crippen LogP contribution < -0.4 is 11.3 Å². The molecule has 21 heavy (non-hydrogen) atoms. The normalized spacial score (nSPS) is 18.7. The predicted molar refractivity (Wildman–Crippen MR) is 77.6 cm³/mol. The summed E-state index contributed by atoms with van der Waals surface area (Å²) in [5.41, 5.74) is 2.98. The second-order valence-corrected chi connectivity index (χ2v) is 5.91. The van der Waals surface area contributed by atoms with Crippen LogP contribution in [0.4, 0.5) is 8.78 Å². The van der Waals surface area contributed by atoms with E-state index in [1.54, 1.807) is 0 Å². The van der Waals surface area contributed by atoms with Crippen LogP contribution in [0.3, 0.4) is 0 Å². The summed E-state index contributed by atoms with van der Waals surface area (Å²) in [4.78, 5) is 2.28. The van der Waals surface area contributed by atoms with Gasteiger partial charge in [0.1, 0.15) is 11.6 Å². The van der Waals surface area contributed by atoms with E-state index in [4.69, 9.17) is 10.6 Å². The Balaban J connectivity index is 2.14. The van der Waals surface area contributed by atoms with Gasteiger partial charge in [0, 0.05) is 30.7 Å². The van der Waals surface area contributed by atoms with Crippen LogP contribution in [-0.2, 0) is 11.2 Å². The fourth-order valence-corrected chi connectivity index (χ4v) is 2.78. The summed E-state index contributed by atoms with van der Waals surface area (Å²) >= 11 is 0. The van der Waals surface area contributed by atoms with E-state index in [-0.39, 0.29) is 11.6 Å². The van der Waals surface area contributed by atoms with Gasteiger partial charge in [0.05, 0.1) is 13.2 Å². The Morgan fingerprint density at radius 2 is 2.00 bits per heavy atom. The maximum Gasteiger partial charge on any atom is 0.129 e. The van der Waals surface area contributed by atoms with Crippen LogP contribution in [0.15, 0.2) is 18.2 Å². The van der Waals surface area contributed by atoms with E-state index in [9.17, 15) is 8.78 Å². The highest BCUT2D eigenvalue weighted by molar-refractivity contribution is 5.20. The fraction of sp³-hybridized carbons (Fsp3) is 0.600. The fourth-order valence-electron chi connectivity index (χ4n) is 2.78. The van der Waals surface area contributed by atoms with E-state index in [1.807, 2.05) is 0 Å². The SMILES string of the molecule is CC(C)(C(Cc1ccc(F)cc1F)NN)N1CCOCC1. The molecule has 0 aromatic heterocycles. The first-order chi connectivity index (χ1) is 9.95. The van der Waals surface area contributed by atoms with Gasteiger partial charge in [-0.3, -0.25) is 16.2 Å². The Hall–Kier alpha value is -1.08. The minimum absolute atomic E-state index is 0.157. The van der Waals surface area contributed by atoms with Gasteiger partial charge < -0.3 is 4.74 Å². The number of halogens is 2. The molecule has 1 saturated heterocycles. The molecule has 0 spiro atoms. The first-order valence-electron chi connectivity index (χ1n) is 7.18. The van der Waals surface area contributed by atoms with Crippen LogP contribution >= 0.6 is 0 Å². The topological polar surface area (TPSA) is 50.5 Å². The molecule has 1 atom stereocenters. The number of nitrogens with two attached hydrogens (primary N) is 1. The number of morpholine rings is 1. The van der Waals surface area contributed by atoms with Crippen LogP contribution in [0.2, 0.25) is 0 Å². The highest BCUT2D eigenvalue weighted by Crippen LogP contribution is 2.24. The minimum Gasteiger partial charge on any atom is -0.379 e. The molecule has 1 aliphatic heterocycles. The summed E-state index contributed by atoms with van der Waals surface area (Å²) in [7, 11) is 0. The number of ether oxygens (including phenoxy) is 1. The summed E-state index contributed by atoms with van der Waals surface area (Å²) in [6.07, 6.45) is 0.396. The lowest BCUT2D eigenvalue weighted by atomic mass is 9.87. The monoisotopic (exact) mass is 299 g/mol. The highest BCUT2D eigenvalue weighted by Gasteiger charge is 2.36. The molecule has 2 rings (SSSR count). The lowest BCUT2D eigenvalue weighted by Gasteiger charge is -2.45.